The number of halogens is 1. The van der Waals surface area contributed by atoms with Gasteiger partial charge in [0.2, 0.25) is 5.91 Å². The fourth-order valence-corrected chi connectivity index (χ4v) is 5.95. The number of nitrogens with one attached hydrogen (secondary N) is 2. The first-order valence-corrected chi connectivity index (χ1v) is 11.3. The normalized spacial score (nSPS) is 22.4. The molecule has 2 aliphatic heterocycles. The molecular formula is C20H22FN3O5S. The van der Waals surface area contributed by atoms with E-state index in [1.807, 2.05) is 0 Å². The molecule has 2 aliphatic rings. The maximum atomic E-state index is 13.5. The first-order valence-electron chi connectivity index (χ1n) is 9.52. The second-order valence-corrected chi connectivity index (χ2v) is 10.0. The molecule has 30 heavy (non-hydrogen) atoms. The van der Waals surface area contributed by atoms with Crippen LogP contribution in [0.15, 0.2) is 18.2 Å². The van der Waals surface area contributed by atoms with E-state index in [-0.39, 0.29) is 30.4 Å². The van der Waals surface area contributed by atoms with E-state index in [2.05, 4.69) is 10.3 Å². The van der Waals surface area contributed by atoms with Gasteiger partial charge in [-0.05, 0) is 43.2 Å². The zero-order valence-electron chi connectivity index (χ0n) is 16.5. The van der Waals surface area contributed by atoms with Gasteiger partial charge in [0.15, 0.2) is 9.84 Å². The number of aliphatic hydroxyl groups is 1. The van der Waals surface area contributed by atoms with Crippen LogP contribution in [-0.2, 0) is 27.6 Å². The van der Waals surface area contributed by atoms with Crippen LogP contribution in [-0.4, -0.2) is 54.0 Å². The number of amides is 2. The molecule has 2 amide bonds. The Hall–Kier alpha value is -2.72. The Morgan fingerprint density at radius 2 is 2.07 bits per heavy atom. The summed E-state index contributed by atoms with van der Waals surface area (Å²) in [6, 6.07) is 3.36. The molecule has 3 N–H and O–H groups in total. The van der Waals surface area contributed by atoms with Crippen molar-refractivity contribution in [1.82, 2.24) is 10.3 Å². The lowest BCUT2D eigenvalue weighted by Crippen LogP contribution is -2.42. The molecule has 0 radical (unpaired) electrons. The number of H-pyrrole nitrogens is 1. The molecule has 0 aliphatic carbocycles. The second kappa shape index (κ2) is 7.21. The average Bonchev–Trinajstić information content (AvgIpc) is 3.18. The van der Waals surface area contributed by atoms with Gasteiger partial charge < -0.3 is 20.3 Å². The van der Waals surface area contributed by atoms with E-state index in [9.17, 15) is 27.5 Å². The summed E-state index contributed by atoms with van der Waals surface area (Å²) in [5.74, 6) is -1.71. The average molecular weight is 435 g/mol. The topological polar surface area (TPSA) is 120 Å². The molecule has 4 rings (SSSR count). The number of aromatic amines is 1. The lowest BCUT2D eigenvalue weighted by Gasteiger charge is -2.18. The predicted octanol–water partition coefficient (Wildman–Crippen LogP) is 0.748. The third-order valence-electron chi connectivity index (χ3n) is 5.70. The molecule has 1 fully saturated rings. The standard InChI is InChI=1S/C20H22FN3O5S/c1-10-14(7-24-16-4-3-13(21)5-12(16)6-18(24)26)22-11(2)19(10)20(27)23-15-8-30(28,29)9-17(15)25/h3-5,15,17,22,25H,6-9H2,1-2H3,(H,23,27). The molecule has 1 aromatic carbocycles. The molecule has 0 bridgehead atoms. The van der Waals surface area contributed by atoms with Gasteiger partial charge in [0.1, 0.15) is 5.82 Å². The zero-order valence-corrected chi connectivity index (χ0v) is 17.3. The Morgan fingerprint density at radius 1 is 1.33 bits per heavy atom. The number of anilines is 1. The zero-order chi connectivity index (χ0) is 21.8. The van der Waals surface area contributed by atoms with E-state index in [1.165, 1.54) is 12.1 Å². The molecule has 3 heterocycles. The number of sulfone groups is 1. The van der Waals surface area contributed by atoms with Crippen LogP contribution in [0.4, 0.5) is 10.1 Å². The van der Waals surface area contributed by atoms with Gasteiger partial charge in [-0.25, -0.2) is 12.8 Å². The lowest BCUT2D eigenvalue weighted by atomic mass is 10.1. The highest BCUT2D eigenvalue weighted by Gasteiger charge is 2.38. The van der Waals surface area contributed by atoms with Crippen molar-refractivity contribution in [3.63, 3.8) is 0 Å². The van der Waals surface area contributed by atoms with Gasteiger partial charge in [-0.1, -0.05) is 0 Å². The summed E-state index contributed by atoms with van der Waals surface area (Å²) in [5.41, 5.74) is 3.47. The monoisotopic (exact) mass is 435 g/mol. The van der Waals surface area contributed by atoms with E-state index in [1.54, 1.807) is 24.8 Å². The van der Waals surface area contributed by atoms with E-state index < -0.39 is 33.7 Å². The minimum absolute atomic E-state index is 0.118. The smallest absolute Gasteiger partial charge is 0.253 e. The highest BCUT2D eigenvalue weighted by Crippen LogP contribution is 2.32. The number of benzene rings is 1. The summed E-state index contributed by atoms with van der Waals surface area (Å²) in [5, 5.41) is 12.5. The fourth-order valence-electron chi connectivity index (χ4n) is 4.20. The largest absolute Gasteiger partial charge is 0.390 e. The second-order valence-electron chi connectivity index (χ2n) is 7.88. The first kappa shape index (κ1) is 20.5. The van der Waals surface area contributed by atoms with Crippen LogP contribution in [0.3, 0.4) is 0 Å². The summed E-state index contributed by atoms with van der Waals surface area (Å²) in [6.45, 7) is 3.64. The summed E-state index contributed by atoms with van der Waals surface area (Å²) < 4.78 is 36.8. The third-order valence-corrected chi connectivity index (χ3v) is 7.41. The highest BCUT2D eigenvalue weighted by atomic mass is 32.2. The van der Waals surface area contributed by atoms with Gasteiger partial charge in [0.25, 0.3) is 5.91 Å². The van der Waals surface area contributed by atoms with Crippen LogP contribution in [0.5, 0.6) is 0 Å². The van der Waals surface area contributed by atoms with Crippen molar-refractivity contribution in [3.05, 3.63) is 52.1 Å². The minimum atomic E-state index is -3.38. The molecule has 1 aromatic heterocycles. The first-order chi connectivity index (χ1) is 14.1. The predicted molar refractivity (Wildman–Crippen MR) is 107 cm³/mol. The number of hydrogen-bond acceptors (Lipinski definition) is 5. The van der Waals surface area contributed by atoms with Crippen molar-refractivity contribution in [2.24, 2.45) is 0 Å². The number of fused-ring (bicyclic) bond motifs is 1. The number of carbonyl (C=O) groups excluding carboxylic acids is 2. The summed E-state index contributed by atoms with van der Waals surface area (Å²) in [7, 11) is -3.38. The van der Waals surface area contributed by atoms with Crippen LogP contribution in [0.25, 0.3) is 0 Å². The van der Waals surface area contributed by atoms with Crippen molar-refractivity contribution in [3.8, 4) is 0 Å². The summed E-state index contributed by atoms with van der Waals surface area (Å²) in [6.07, 6.45) is -1.02. The molecule has 2 aromatic rings. The van der Waals surface area contributed by atoms with Crippen LogP contribution in [0.1, 0.15) is 32.9 Å². The van der Waals surface area contributed by atoms with Gasteiger partial charge in [-0.3, -0.25) is 9.59 Å². The Balaban J connectivity index is 1.56. The Morgan fingerprint density at radius 3 is 2.73 bits per heavy atom. The van der Waals surface area contributed by atoms with Crippen molar-refractivity contribution in [1.29, 1.82) is 0 Å². The number of hydrogen-bond donors (Lipinski definition) is 3. The molecule has 160 valence electrons. The molecule has 2 atom stereocenters. The van der Waals surface area contributed by atoms with Crippen LogP contribution >= 0.6 is 0 Å². The number of rotatable bonds is 4. The van der Waals surface area contributed by atoms with Crippen LogP contribution in [0, 0.1) is 19.7 Å². The van der Waals surface area contributed by atoms with Gasteiger partial charge in [0.05, 0.1) is 42.2 Å². The third kappa shape index (κ3) is 3.61. The Kier molecular flexibility index (Phi) is 4.94. The molecule has 10 heteroatoms. The molecule has 1 saturated heterocycles. The van der Waals surface area contributed by atoms with Crippen molar-refractivity contribution in [2.75, 3.05) is 16.4 Å². The Bertz CT molecular complexity index is 1160. The van der Waals surface area contributed by atoms with Crippen molar-refractivity contribution in [2.45, 2.75) is 39.0 Å². The SMILES string of the molecule is Cc1[nH]c(CN2C(=O)Cc3cc(F)ccc32)c(C)c1C(=O)NC1CS(=O)(=O)CC1O. The number of aromatic nitrogens is 1. The van der Waals surface area contributed by atoms with Crippen LogP contribution < -0.4 is 10.2 Å². The van der Waals surface area contributed by atoms with Gasteiger partial charge >= 0.3 is 0 Å². The van der Waals surface area contributed by atoms with Gasteiger partial charge in [-0.15, -0.1) is 0 Å². The fraction of sp³-hybridized carbons (Fsp3) is 0.400. The minimum Gasteiger partial charge on any atom is -0.390 e. The maximum absolute atomic E-state index is 13.5. The Labute approximate surface area is 173 Å². The molecule has 8 nitrogen and oxygen atoms in total. The number of carbonyl (C=O) groups is 2. The maximum Gasteiger partial charge on any atom is 0.253 e. The number of aryl methyl sites for hydroxylation is 1. The van der Waals surface area contributed by atoms with Crippen molar-refractivity contribution < 1.29 is 27.5 Å². The van der Waals surface area contributed by atoms with E-state index >= 15 is 0 Å². The van der Waals surface area contributed by atoms with Gasteiger partial charge in [-0.2, -0.15) is 0 Å². The van der Waals surface area contributed by atoms with Crippen molar-refractivity contribution >= 4 is 27.3 Å². The van der Waals surface area contributed by atoms with E-state index in [0.717, 1.165) is 0 Å². The molecule has 0 saturated carbocycles. The molecule has 0 spiro atoms. The quantitative estimate of drug-likeness (QED) is 0.655. The lowest BCUT2D eigenvalue weighted by molar-refractivity contribution is -0.117. The van der Waals surface area contributed by atoms with E-state index in [0.29, 0.717) is 33.8 Å². The van der Waals surface area contributed by atoms with Crippen LogP contribution in [0.2, 0.25) is 0 Å². The number of nitrogens with zero attached hydrogens (tertiary/aromatic N) is 1. The van der Waals surface area contributed by atoms with Gasteiger partial charge in [0, 0.05) is 17.1 Å². The molecule has 2 unspecified atom stereocenters. The highest BCUT2D eigenvalue weighted by molar-refractivity contribution is 7.91. The molecular weight excluding hydrogens is 413 g/mol. The summed E-state index contributed by atoms with van der Waals surface area (Å²) in [4.78, 5) is 29.9. The summed E-state index contributed by atoms with van der Waals surface area (Å²) >= 11 is 0. The van der Waals surface area contributed by atoms with E-state index in [4.69, 9.17) is 0 Å². The number of aliphatic hydroxyl groups excluding tert-OH is 1.